The van der Waals surface area contributed by atoms with Crippen molar-refractivity contribution < 1.29 is 17.3 Å². The van der Waals surface area contributed by atoms with Crippen molar-refractivity contribution in [3.05, 3.63) is 12.2 Å². The predicted molar refractivity (Wildman–Crippen MR) is 85.6 cm³/mol. The second-order valence-corrected chi connectivity index (χ2v) is 6.81. The van der Waals surface area contributed by atoms with Crippen LogP contribution in [-0.2, 0) is 12.5 Å². The topological polar surface area (TPSA) is 81.2 Å². The van der Waals surface area contributed by atoms with Gasteiger partial charge in [0.15, 0.2) is 0 Å². The van der Waals surface area contributed by atoms with E-state index in [9.17, 15) is 4.79 Å². The number of rotatable bonds is 9. The van der Waals surface area contributed by atoms with Crippen molar-refractivity contribution in [2.75, 3.05) is 46.7 Å². The van der Waals surface area contributed by atoms with Gasteiger partial charge in [-0.15, -0.1) is 0 Å². The summed E-state index contributed by atoms with van der Waals surface area (Å²) in [5, 5.41) is 5.56. The molecule has 8 heteroatoms. The molecular formula is C13H25N3O4S. The number of carbonyl (C=O) groups is 1. The summed E-state index contributed by atoms with van der Waals surface area (Å²) in [5.74, 6) is 0.603. The molecule has 2 amide bonds. The van der Waals surface area contributed by atoms with E-state index in [1.165, 1.54) is 0 Å². The Morgan fingerprint density at radius 1 is 1.29 bits per heavy atom. The van der Waals surface area contributed by atoms with Gasteiger partial charge in [0.25, 0.3) is 0 Å². The van der Waals surface area contributed by atoms with E-state index in [0.717, 1.165) is 18.7 Å². The molecule has 1 rings (SSSR count). The molecule has 7 nitrogen and oxygen atoms in total. The molecule has 0 unspecified atom stereocenters. The van der Waals surface area contributed by atoms with Gasteiger partial charge in [-0.1, -0.05) is 6.08 Å². The maximum absolute atomic E-state index is 11.6. The summed E-state index contributed by atoms with van der Waals surface area (Å²) >= 11 is 0. The number of urea groups is 1. The van der Waals surface area contributed by atoms with Crippen molar-refractivity contribution >= 4 is 22.6 Å². The highest BCUT2D eigenvalue weighted by Gasteiger charge is 2.22. The van der Waals surface area contributed by atoms with Gasteiger partial charge >= 0.3 is 6.03 Å². The maximum atomic E-state index is 11.6. The van der Waals surface area contributed by atoms with E-state index in [1.807, 2.05) is 6.08 Å². The predicted octanol–water partition coefficient (Wildman–Crippen LogP) is 1.57. The monoisotopic (exact) mass is 319 g/mol. The minimum absolute atomic E-state index is 0.204. The third kappa shape index (κ3) is 6.47. The van der Waals surface area contributed by atoms with Crippen LogP contribution in [0.2, 0.25) is 0 Å². The van der Waals surface area contributed by atoms with Gasteiger partial charge in [-0.2, -0.15) is 0 Å². The average molecular weight is 319 g/mol. The Morgan fingerprint density at radius 3 is 2.57 bits per heavy atom. The molecule has 0 bridgehead atoms. The molecule has 0 saturated heterocycles. The standard InChI is InChI=1S/C13H25N3O4S/c1-18-21(19-2,20-3)10-6-9-15-13(17)16-11-12-7-4-5-8-14-12/h4,7H,5-6,8-11H2,1-3H3,(H2,15,16,17). The molecule has 1 heterocycles. The highest BCUT2D eigenvalue weighted by molar-refractivity contribution is 8.21. The summed E-state index contributed by atoms with van der Waals surface area (Å²) in [4.78, 5) is 15.9. The number of nitrogens with zero attached hydrogens (tertiary/aromatic N) is 1. The van der Waals surface area contributed by atoms with Gasteiger partial charge in [0.1, 0.15) is 0 Å². The maximum Gasteiger partial charge on any atom is 0.315 e. The minimum atomic E-state index is -1.94. The van der Waals surface area contributed by atoms with E-state index in [1.54, 1.807) is 21.3 Å². The van der Waals surface area contributed by atoms with Crippen LogP contribution < -0.4 is 10.6 Å². The van der Waals surface area contributed by atoms with Gasteiger partial charge in [-0.05, 0) is 18.9 Å². The molecule has 1 aliphatic heterocycles. The first kappa shape index (κ1) is 18.0. The molecule has 0 saturated carbocycles. The SMILES string of the molecule is COS(CCCNC(=O)NCC1=NCCC=C1)(OC)OC. The van der Waals surface area contributed by atoms with Crippen LogP contribution in [0.1, 0.15) is 12.8 Å². The fraction of sp³-hybridized carbons (Fsp3) is 0.692. The molecule has 0 aromatic heterocycles. The van der Waals surface area contributed by atoms with Gasteiger partial charge in [-0.25, -0.2) is 4.79 Å². The van der Waals surface area contributed by atoms with E-state index >= 15 is 0 Å². The summed E-state index contributed by atoms with van der Waals surface area (Å²) < 4.78 is 15.8. The summed E-state index contributed by atoms with van der Waals surface area (Å²) in [7, 11) is 2.73. The largest absolute Gasteiger partial charge is 0.338 e. The molecule has 122 valence electrons. The second kappa shape index (κ2) is 9.78. The third-order valence-electron chi connectivity index (χ3n) is 2.97. The number of amides is 2. The van der Waals surface area contributed by atoms with Gasteiger partial charge in [-0.3, -0.25) is 17.5 Å². The van der Waals surface area contributed by atoms with Gasteiger partial charge in [0, 0.05) is 18.8 Å². The molecule has 0 aromatic carbocycles. The highest BCUT2D eigenvalue weighted by atomic mass is 32.3. The summed E-state index contributed by atoms with van der Waals surface area (Å²) in [5.41, 5.74) is 0.901. The molecular weight excluding hydrogens is 294 g/mol. The quantitative estimate of drug-likeness (QED) is 0.632. The lowest BCUT2D eigenvalue weighted by molar-refractivity contribution is 0.240. The van der Waals surface area contributed by atoms with Crippen molar-refractivity contribution in [2.45, 2.75) is 12.8 Å². The van der Waals surface area contributed by atoms with Crippen LogP contribution in [0.3, 0.4) is 0 Å². The molecule has 21 heavy (non-hydrogen) atoms. The Morgan fingerprint density at radius 2 is 2.00 bits per heavy atom. The zero-order chi connectivity index (χ0) is 15.6. The lowest BCUT2D eigenvalue weighted by Crippen LogP contribution is -2.39. The molecule has 0 radical (unpaired) electrons. The van der Waals surface area contributed by atoms with E-state index in [0.29, 0.717) is 25.3 Å². The van der Waals surface area contributed by atoms with E-state index in [2.05, 4.69) is 21.7 Å². The molecule has 2 N–H and O–H groups in total. The normalized spacial score (nSPS) is 15.5. The number of hydrogen-bond donors (Lipinski definition) is 2. The zero-order valence-electron chi connectivity index (χ0n) is 12.9. The smallest absolute Gasteiger partial charge is 0.315 e. The first-order chi connectivity index (χ1) is 10.2. The number of hydrogen-bond acceptors (Lipinski definition) is 5. The molecule has 0 spiro atoms. The minimum Gasteiger partial charge on any atom is -0.338 e. The zero-order valence-corrected chi connectivity index (χ0v) is 13.7. The molecule has 0 atom stereocenters. The number of carbonyl (C=O) groups excluding carboxylic acids is 1. The number of nitrogens with one attached hydrogen (secondary N) is 2. The van der Waals surface area contributed by atoms with Crippen LogP contribution in [0.25, 0.3) is 0 Å². The van der Waals surface area contributed by atoms with E-state index in [4.69, 9.17) is 12.5 Å². The Kier molecular flexibility index (Phi) is 8.36. The van der Waals surface area contributed by atoms with Crippen LogP contribution in [-0.4, -0.2) is 58.5 Å². The van der Waals surface area contributed by atoms with Gasteiger partial charge in [0.2, 0.25) is 0 Å². The van der Waals surface area contributed by atoms with Crippen LogP contribution in [0.5, 0.6) is 0 Å². The van der Waals surface area contributed by atoms with Crippen LogP contribution in [0.15, 0.2) is 17.1 Å². The van der Waals surface area contributed by atoms with Crippen molar-refractivity contribution in [3.63, 3.8) is 0 Å². The van der Waals surface area contributed by atoms with Gasteiger partial charge in [0.05, 0.1) is 44.5 Å². The van der Waals surface area contributed by atoms with Crippen molar-refractivity contribution in [1.29, 1.82) is 0 Å². The Balaban J connectivity index is 2.15. The van der Waals surface area contributed by atoms with Crippen molar-refractivity contribution in [1.82, 2.24) is 10.6 Å². The number of dihydropyridines is 1. The number of aliphatic imine (C=N–C) groups is 1. The highest BCUT2D eigenvalue weighted by Crippen LogP contribution is 2.49. The fourth-order valence-corrected chi connectivity index (χ4v) is 3.21. The third-order valence-corrected chi connectivity index (χ3v) is 5.28. The Bertz CT molecular complexity index is 375. The first-order valence-electron chi connectivity index (χ1n) is 6.85. The summed E-state index contributed by atoms with van der Waals surface area (Å²) in [6, 6.07) is -0.204. The van der Waals surface area contributed by atoms with Crippen molar-refractivity contribution in [2.24, 2.45) is 4.99 Å². The van der Waals surface area contributed by atoms with Crippen LogP contribution in [0, 0.1) is 0 Å². The molecule has 0 fully saturated rings. The average Bonchev–Trinajstić information content (AvgIpc) is 2.55. The second-order valence-electron chi connectivity index (χ2n) is 4.29. The molecule has 1 aliphatic rings. The first-order valence-corrected chi connectivity index (χ1v) is 8.43. The summed E-state index contributed by atoms with van der Waals surface area (Å²) in [6.07, 6.45) is 5.68. The Hall–Kier alpha value is -1.09. The molecule has 0 aromatic rings. The summed E-state index contributed by atoms with van der Waals surface area (Å²) in [6.45, 7) is 1.77. The molecule has 0 aliphatic carbocycles. The van der Waals surface area contributed by atoms with Crippen LogP contribution >= 0.6 is 10.9 Å². The lowest BCUT2D eigenvalue weighted by atomic mass is 10.2. The van der Waals surface area contributed by atoms with Crippen LogP contribution in [0.4, 0.5) is 4.79 Å². The Labute approximate surface area is 128 Å². The van der Waals surface area contributed by atoms with Crippen molar-refractivity contribution in [3.8, 4) is 0 Å². The van der Waals surface area contributed by atoms with E-state index < -0.39 is 10.9 Å². The van der Waals surface area contributed by atoms with Gasteiger partial charge < -0.3 is 10.6 Å². The van der Waals surface area contributed by atoms with E-state index in [-0.39, 0.29) is 6.03 Å². The lowest BCUT2D eigenvalue weighted by Gasteiger charge is -2.33. The fourth-order valence-electron chi connectivity index (χ4n) is 1.81.